The molecule has 0 aliphatic heterocycles. The highest BCUT2D eigenvalue weighted by atomic mass is 32.1. The van der Waals surface area contributed by atoms with Crippen LogP contribution in [0, 0.1) is 35.0 Å². The first kappa shape index (κ1) is 23.9. The summed E-state index contributed by atoms with van der Waals surface area (Å²) in [7, 11) is 0. The molecule has 3 rings (SSSR count). The molecule has 1 amide bonds. The summed E-state index contributed by atoms with van der Waals surface area (Å²) in [5.74, 6) is 6.85. The first-order chi connectivity index (χ1) is 14.5. The lowest BCUT2D eigenvalue weighted by atomic mass is 9.81. The quantitative estimate of drug-likeness (QED) is 0.535. The lowest BCUT2D eigenvalue weighted by molar-refractivity contribution is -0.124. The van der Waals surface area contributed by atoms with Gasteiger partial charge in [-0.05, 0) is 90.0 Å². The van der Waals surface area contributed by atoms with Gasteiger partial charge in [-0.2, -0.15) is 0 Å². The van der Waals surface area contributed by atoms with Gasteiger partial charge in [-0.25, -0.2) is 4.79 Å². The fourth-order valence-corrected chi connectivity index (χ4v) is 5.57. The molecule has 1 aromatic rings. The Hall–Kier alpha value is -1.80. The molecule has 0 unspecified atom stereocenters. The van der Waals surface area contributed by atoms with Gasteiger partial charge in [0.05, 0.1) is 10.6 Å². The number of thiophene rings is 1. The van der Waals surface area contributed by atoms with Gasteiger partial charge in [0.15, 0.2) is 0 Å². The van der Waals surface area contributed by atoms with E-state index in [4.69, 9.17) is 0 Å². The Balaban J connectivity index is 1.99. The highest BCUT2D eigenvalue weighted by Crippen LogP contribution is 2.39. The molecule has 0 atom stereocenters. The molecule has 5 heteroatoms. The molecular weight excluding hydrogens is 406 g/mol. The average molecular weight is 444 g/mol. The lowest BCUT2D eigenvalue weighted by Crippen LogP contribution is -2.46. The van der Waals surface area contributed by atoms with Crippen LogP contribution in [0.25, 0.3) is 0 Å². The highest BCUT2D eigenvalue weighted by Gasteiger charge is 2.37. The number of carboxylic acids is 1. The molecule has 2 fully saturated rings. The molecule has 31 heavy (non-hydrogen) atoms. The molecule has 2 saturated carbocycles. The van der Waals surface area contributed by atoms with Crippen LogP contribution in [0.15, 0.2) is 6.07 Å². The van der Waals surface area contributed by atoms with E-state index >= 15 is 0 Å². The van der Waals surface area contributed by atoms with Gasteiger partial charge >= 0.3 is 5.97 Å². The number of nitrogens with zero attached hydrogens (tertiary/aromatic N) is 1. The normalized spacial score (nSPS) is 26.6. The maximum absolute atomic E-state index is 13.8. The van der Waals surface area contributed by atoms with Crippen molar-refractivity contribution in [3.8, 4) is 11.8 Å². The van der Waals surface area contributed by atoms with E-state index in [1.807, 2.05) is 31.7 Å². The predicted octanol–water partition coefficient (Wildman–Crippen LogP) is 6.58. The van der Waals surface area contributed by atoms with E-state index in [0.717, 1.165) is 56.2 Å². The summed E-state index contributed by atoms with van der Waals surface area (Å²) >= 11 is 1.20. The molecule has 1 aromatic heterocycles. The van der Waals surface area contributed by atoms with Crippen LogP contribution in [-0.2, 0) is 4.79 Å². The average Bonchev–Trinajstić information content (AvgIpc) is 3.12. The molecular formula is C26H37NO3S. The van der Waals surface area contributed by atoms with Crippen molar-refractivity contribution in [2.24, 2.45) is 23.2 Å². The molecule has 0 radical (unpaired) electrons. The van der Waals surface area contributed by atoms with Crippen LogP contribution < -0.4 is 4.90 Å². The van der Waals surface area contributed by atoms with Crippen molar-refractivity contribution in [1.29, 1.82) is 0 Å². The number of hydrogen-bond acceptors (Lipinski definition) is 3. The Morgan fingerprint density at radius 2 is 1.55 bits per heavy atom. The smallest absolute Gasteiger partial charge is 0.348 e. The zero-order chi connectivity index (χ0) is 22.8. The van der Waals surface area contributed by atoms with E-state index in [0.29, 0.717) is 17.5 Å². The number of anilines is 1. The first-order valence-corrected chi connectivity index (χ1v) is 12.6. The zero-order valence-electron chi connectivity index (χ0n) is 19.7. The van der Waals surface area contributed by atoms with Gasteiger partial charge in [-0.3, -0.25) is 4.79 Å². The maximum Gasteiger partial charge on any atom is 0.348 e. The SMILES string of the molecule is CC(C)(C)C#Cc1cc(N(C(=O)[C@H]2CC[C@H](C)CC2)[C@H]2CC[C@H](C)CC2)c(C(=O)O)s1. The van der Waals surface area contributed by atoms with E-state index in [-0.39, 0.29) is 28.2 Å². The number of carbonyl (C=O) groups is 2. The van der Waals surface area contributed by atoms with E-state index in [1.54, 1.807) is 0 Å². The number of hydrogen-bond donors (Lipinski definition) is 1. The van der Waals surface area contributed by atoms with Crippen molar-refractivity contribution in [3.05, 3.63) is 15.8 Å². The number of carboxylic acid groups (broad SMARTS) is 1. The van der Waals surface area contributed by atoms with Gasteiger partial charge in [-0.1, -0.05) is 25.7 Å². The van der Waals surface area contributed by atoms with Crippen LogP contribution in [-0.4, -0.2) is 23.0 Å². The van der Waals surface area contributed by atoms with E-state index in [9.17, 15) is 14.7 Å². The van der Waals surface area contributed by atoms with Crippen molar-refractivity contribution in [2.45, 2.75) is 92.0 Å². The number of aromatic carboxylic acids is 1. The summed E-state index contributed by atoms with van der Waals surface area (Å²) < 4.78 is 0. The summed E-state index contributed by atoms with van der Waals surface area (Å²) in [4.78, 5) is 28.8. The van der Waals surface area contributed by atoms with Crippen molar-refractivity contribution in [1.82, 2.24) is 0 Å². The van der Waals surface area contributed by atoms with E-state index < -0.39 is 5.97 Å². The topological polar surface area (TPSA) is 57.6 Å². The Labute approximate surface area is 191 Å². The minimum Gasteiger partial charge on any atom is -0.477 e. The Kier molecular flexibility index (Phi) is 7.52. The molecule has 2 aliphatic carbocycles. The third-order valence-corrected chi connectivity index (χ3v) is 7.71. The van der Waals surface area contributed by atoms with Gasteiger partial charge in [0, 0.05) is 17.4 Å². The summed E-state index contributed by atoms with van der Waals surface area (Å²) in [6.07, 6.45) is 8.00. The van der Waals surface area contributed by atoms with E-state index in [2.05, 4.69) is 25.7 Å². The summed E-state index contributed by atoms with van der Waals surface area (Å²) in [5.41, 5.74) is 0.403. The van der Waals surface area contributed by atoms with Gasteiger partial charge in [0.2, 0.25) is 5.91 Å². The Bertz CT molecular complexity index is 853. The highest BCUT2D eigenvalue weighted by molar-refractivity contribution is 7.15. The molecule has 0 saturated heterocycles. The minimum absolute atomic E-state index is 0.00112. The third kappa shape index (κ3) is 6.13. The Morgan fingerprint density at radius 3 is 2.06 bits per heavy atom. The molecule has 170 valence electrons. The lowest BCUT2D eigenvalue weighted by Gasteiger charge is -2.39. The third-order valence-electron chi connectivity index (χ3n) is 6.68. The van der Waals surface area contributed by atoms with Crippen LogP contribution in [0.4, 0.5) is 5.69 Å². The second-order valence-corrected chi connectivity index (χ2v) is 11.8. The maximum atomic E-state index is 13.8. The Morgan fingerprint density at radius 1 is 1.00 bits per heavy atom. The molecule has 0 bridgehead atoms. The van der Waals surface area contributed by atoms with Gasteiger partial charge < -0.3 is 10.0 Å². The van der Waals surface area contributed by atoms with Crippen molar-refractivity contribution in [3.63, 3.8) is 0 Å². The van der Waals surface area contributed by atoms with Crippen LogP contribution in [0.5, 0.6) is 0 Å². The molecule has 2 aliphatic rings. The van der Waals surface area contributed by atoms with Crippen molar-refractivity contribution in [2.75, 3.05) is 4.90 Å². The fourth-order valence-electron chi connectivity index (χ4n) is 4.72. The van der Waals surface area contributed by atoms with Crippen LogP contribution >= 0.6 is 11.3 Å². The standard InChI is InChI=1S/C26H37NO3S/c1-17-6-10-19(11-7-17)24(28)27(20-12-8-18(2)9-13-20)22-16-21(14-15-26(3,4)5)31-23(22)25(29)30/h16-20H,6-13H2,1-5H3,(H,29,30)/t17-,18-,19-,20-. The summed E-state index contributed by atoms with van der Waals surface area (Å²) in [6, 6.07) is 1.94. The number of rotatable bonds is 4. The van der Waals surface area contributed by atoms with Crippen LogP contribution in [0.1, 0.15) is 101 Å². The van der Waals surface area contributed by atoms with Gasteiger partial charge in [0.1, 0.15) is 4.88 Å². The zero-order valence-corrected chi connectivity index (χ0v) is 20.5. The van der Waals surface area contributed by atoms with Gasteiger partial charge in [-0.15, -0.1) is 11.3 Å². The van der Waals surface area contributed by atoms with Crippen molar-refractivity contribution >= 4 is 28.9 Å². The first-order valence-electron chi connectivity index (χ1n) is 11.8. The second kappa shape index (κ2) is 9.77. The molecule has 4 nitrogen and oxygen atoms in total. The van der Waals surface area contributed by atoms with Crippen molar-refractivity contribution < 1.29 is 14.7 Å². The van der Waals surface area contributed by atoms with Crippen LogP contribution in [0.3, 0.4) is 0 Å². The fraction of sp³-hybridized carbons (Fsp3) is 0.692. The minimum atomic E-state index is -0.969. The molecule has 0 aromatic carbocycles. The molecule has 1 N–H and O–H groups in total. The second-order valence-electron chi connectivity index (χ2n) is 10.7. The molecule has 1 heterocycles. The number of carbonyl (C=O) groups excluding carboxylic acids is 1. The summed E-state index contributed by atoms with van der Waals surface area (Å²) in [6.45, 7) is 10.6. The van der Waals surface area contributed by atoms with Crippen LogP contribution in [0.2, 0.25) is 0 Å². The van der Waals surface area contributed by atoms with Gasteiger partial charge in [0.25, 0.3) is 0 Å². The predicted molar refractivity (Wildman–Crippen MR) is 128 cm³/mol. The number of amides is 1. The van der Waals surface area contributed by atoms with E-state index in [1.165, 1.54) is 11.3 Å². The summed E-state index contributed by atoms with van der Waals surface area (Å²) in [5, 5.41) is 9.95. The monoisotopic (exact) mass is 443 g/mol. The molecule has 0 spiro atoms. The largest absolute Gasteiger partial charge is 0.477 e.